The molecule has 1 fully saturated rings. The highest BCUT2D eigenvalue weighted by molar-refractivity contribution is 5.07. The maximum Gasteiger partial charge on any atom is 0.0420 e. The predicted octanol–water partition coefficient (Wildman–Crippen LogP) is 0.619. The summed E-state index contributed by atoms with van der Waals surface area (Å²) in [5, 5.41) is 2.97. The second-order valence-corrected chi connectivity index (χ2v) is 2.15. The zero-order valence-corrected chi connectivity index (χ0v) is 4.70. The van der Waals surface area contributed by atoms with Gasteiger partial charge < -0.3 is 5.32 Å². The molecule has 0 radical (unpaired) electrons. The van der Waals surface area contributed by atoms with Gasteiger partial charge in [-0.1, -0.05) is 5.92 Å². The van der Waals surface area contributed by atoms with Gasteiger partial charge in [0, 0.05) is 16.1 Å². The second kappa shape index (κ2) is 1.80. The highest BCUT2D eigenvalue weighted by Crippen LogP contribution is 2.21. The molecule has 0 aromatic carbocycles. The Morgan fingerprint density at radius 1 is 2.00 bits per heavy atom. The molecule has 0 aromatic rings. The minimum absolute atomic E-state index is 0.417. The molecule has 0 saturated carbocycles. The molecular formula is C7H11N. The number of rotatable bonds is 0. The molecular weight excluding hydrogens is 98.1 g/mol. The van der Waals surface area contributed by atoms with Crippen LogP contribution in [0.25, 0.3) is 0 Å². The van der Waals surface area contributed by atoms with Crippen molar-refractivity contribution in [3.63, 3.8) is 0 Å². The maximum atomic E-state index is 7.23. The average Bonchev–Trinajstić information content (AvgIpc) is 2.33. The third-order valence-corrected chi connectivity index (χ3v) is 1.43. The van der Waals surface area contributed by atoms with Crippen LogP contribution in [0.4, 0.5) is 0 Å². The number of terminal acetylenes is 1. The van der Waals surface area contributed by atoms with E-state index < -0.39 is 12.3 Å². The fourth-order valence-corrected chi connectivity index (χ4v) is 0.815. The molecule has 0 spiro atoms. The van der Waals surface area contributed by atoms with Crippen LogP contribution in [0.5, 0.6) is 0 Å². The highest BCUT2D eigenvalue weighted by atomic mass is 14.9. The van der Waals surface area contributed by atoms with Crippen molar-refractivity contribution in [2.45, 2.75) is 13.3 Å². The molecule has 1 rings (SSSR count). The summed E-state index contributed by atoms with van der Waals surface area (Å²) >= 11 is 0. The molecule has 0 aromatic heterocycles. The van der Waals surface area contributed by atoms with Gasteiger partial charge in [-0.25, -0.2) is 0 Å². The van der Waals surface area contributed by atoms with Gasteiger partial charge in [0.2, 0.25) is 0 Å². The van der Waals surface area contributed by atoms with Gasteiger partial charge in [-0.3, -0.25) is 0 Å². The molecule has 0 amide bonds. The minimum atomic E-state index is -2.02. The van der Waals surface area contributed by atoms with Crippen LogP contribution in [-0.4, -0.2) is 13.1 Å². The summed E-state index contributed by atoms with van der Waals surface area (Å²) < 4.78 is 21.7. The van der Waals surface area contributed by atoms with E-state index in [4.69, 9.17) is 10.5 Å². The van der Waals surface area contributed by atoms with Crippen molar-refractivity contribution in [2.75, 3.05) is 13.1 Å². The summed E-state index contributed by atoms with van der Waals surface area (Å²) in [5.74, 6) is 2.39. The Morgan fingerprint density at radius 2 is 2.88 bits per heavy atom. The van der Waals surface area contributed by atoms with Crippen LogP contribution in [0.15, 0.2) is 0 Å². The van der Waals surface area contributed by atoms with Crippen molar-refractivity contribution < 1.29 is 4.11 Å². The minimum Gasteiger partial charge on any atom is -0.315 e. The van der Waals surface area contributed by atoms with Gasteiger partial charge in [-0.05, 0) is 19.8 Å². The molecule has 1 aliphatic heterocycles. The molecule has 1 unspecified atom stereocenters. The monoisotopic (exact) mass is 112 g/mol. The molecule has 1 saturated heterocycles. The summed E-state index contributed by atoms with van der Waals surface area (Å²) in [7, 11) is 0. The largest absolute Gasteiger partial charge is 0.315 e. The van der Waals surface area contributed by atoms with Crippen LogP contribution < -0.4 is 5.32 Å². The predicted molar refractivity (Wildman–Crippen MR) is 34.4 cm³/mol. The van der Waals surface area contributed by atoms with Gasteiger partial charge in [0.15, 0.2) is 0 Å². The topological polar surface area (TPSA) is 12.0 Å². The van der Waals surface area contributed by atoms with E-state index in [1.165, 1.54) is 0 Å². The van der Waals surface area contributed by atoms with E-state index in [9.17, 15) is 0 Å². The first-order valence-electron chi connectivity index (χ1n) is 4.20. The van der Waals surface area contributed by atoms with Crippen molar-refractivity contribution in [1.29, 1.82) is 0 Å². The Labute approximate surface area is 54.7 Å². The van der Waals surface area contributed by atoms with Crippen LogP contribution in [0.2, 0.25) is 0 Å². The maximum absolute atomic E-state index is 7.23. The summed E-state index contributed by atoms with van der Waals surface area (Å²) in [4.78, 5) is 0. The summed E-state index contributed by atoms with van der Waals surface area (Å²) in [5.41, 5.74) is -0.910. The van der Waals surface area contributed by atoms with E-state index in [-0.39, 0.29) is 0 Å². The molecule has 0 aliphatic carbocycles. The molecule has 44 valence electrons. The Hall–Kier alpha value is -0.480. The number of hydrogen-bond acceptors (Lipinski definition) is 1. The van der Waals surface area contributed by atoms with Crippen LogP contribution in [0, 0.1) is 17.8 Å². The third kappa shape index (κ3) is 0.850. The molecule has 1 heteroatoms. The van der Waals surface area contributed by atoms with Crippen molar-refractivity contribution in [3.8, 4) is 12.3 Å². The lowest BCUT2D eigenvalue weighted by Crippen LogP contribution is -2.17. The first kappa shape index (κ1) is 2.89. The molecule has 1 N–H and O–H groups in total. The van der Waals surface area contributed by atoms with E-state index in [0.29, 0.717) is 19.5 Å². The zero-order valence-electron chi connectivity index (χ0n) is 7.70. The van der Waals surface area contributed by atoms with Gasteiger partial charge in [0.25, 0.3) is 0 Å². The average molecular weight is 112 g/mol. The van der Waals surface area contributed by atoms with Crippen LogP contribution >= 0.6 is 0 Å². The molecule has 1 aliphatic rings. The van der Waals surface area contributed by atoms with Gasteiger partial charge >= 0.3 is 0 Å². The van der Waals surface area contributed by atoms with Crippen molar-refractivity contribution in [3.05, 3.63) is 0 Å². The van der Waals surface area contributed by atoms with Crippen molar-refractivity contribution in [2.24, 2.45) is 5.41 Å². The summed E-state index contributed by atoms with van der Waals surface area (Å²) in [6.07, 6.45) is 5.76. The van der Waals surface area contributed by atoms with Gasteiger partial charge in [0.05, 0.1) is 0 Å². The lowest BCUT2D eigenvalue weighted by atomic mass is 9.91. The third-order valence-electron chi connectivity index (χ3n) is 1.43. The van der Waals surface area contributed by atoms with E-state index in [2.05, 4.69) is 11.2 Å². The van der Waals surface area contributed by atoms with E-state index >= 15 is 0 Å². The van der Waals surface area contributed by atoms with E-state index in [1.54, 1.807) is 0 Å². The lowest BCUT2D eigenvalue weighted by Gasteiger charge is -2.11. The normalized spacial score (nSPS) is 44.1. The van der Waals surface area contributed by atoms with Crippen LogP contribution in [0.1, 0.15) is 17.4 Å². The first-order valence-corrected chi connectivity index (χ1v) is 2.70. The van der Waals surface area contributed by atoms with Crippen molar-refractivity contribution >= 4 is 0 Å². The van der Waals surface area contributed by atoms with Crippen LogP contribution in [-0.2, 0) is 0 Å². The van der Waals surface area contributed by atoms with Gasteiger partial charge in [-0.2, -0.15) is 0 Å². The number of hydrogen-bond donors (Lipinski definition) is 1. The van der Waals surface area contributed by atoms with E-state index in [0.717, 1.165) is 0 Å². The molecule has 1 atom stereocenters. The highest BCUT2D eigenvalue weighted by Gasteiger charge is 2.24. The second-order valence-electron chi connectivity index (χ2n) is 2.15. The molecule has 0 bridgehead atoms. The molecule has 1 heterocycles. The fraction of sp³-hybridized carbons (Fsp3) is 0.714. The Balaban J connectivity index is 2.86. The molecule has 1 nitrogen and oxygen atoms in total. The first-order chi connectivity index (χ1) is 5.02. The zero-order chi connectivity index (χ0) is 8.54. The Kier molecular flexibility index (Phi) is 0.648. The SMILES string of the molecule is [2H]C([2H])([2H])C1(C#C)CCNC1. The quantitative estimate of drug-likeness (QED) is 0.453. The Morgan fingerprint density at radius 3 is 3.12 bits per heavy atom. The standard InChI is InChI=1S/C7H11N/c1-3-7(2)4-5-8-6-7/h1,8H,4-6H2,2H3/i2D3. The van der Waals surface area contributed by atoms with Crippen LogP contribution in [0.3, 0.4) is 0 Å². The van der Waals surface area contributed by atoms with E-state index in [1.807, 2.05) is 0 Å². The Bertz CT molecular complexity index is 183. The number of nitrogens with one attached hydrogen (secondary N) is 1. The van der Waals surface area contributed by atoms with Crippen molar-refractivity contribution in [1.82, 2.24) is 5.32 Å². The van der Waals surface area contributed by atoms with Gasteiger partial charge in [0.1, 0.15) is 0 Å². The smallest absolute Gasteiger partial charge is 0.0420 e. The lowest BCUT2D eigenvalue weighted by molar-refractivity contribution is 0.504. The van der Waals surface area contributed by atoms with Gasteiger partial charge in [-0.15, -0.1) is 6.42 Å². The fourth-order valence-electron chi connectivity index (χ4n) is 0.815. The molecule has 8 heavy (non-hydrogen) atoms. The summed E-state index contributed by atoms with van der Waals surface area (Å²) in [6, 6.07) is 0. The summed E-state index contributed by atoms with van der Waals surface area (Å²) in [6.45, 7) is -0.895.